The molecule has 2 atom stereocenters. The fourth-order valence-corrected chi connectivity index (χ4v) is 3.24. The van der Waals surface area contributed by atoms with Gasteiger partial charge in [0.05, 0.1) is 17.7 Å². The van der Waals surface area contributed by atoms with Crippen molar-refractivity contribution in [3.63, 3.8) is 0 Å². The smallest absolute Gasteiger partial charge is 0.240 e. The summed E-state index contributed by atoms with van der Waals surface area (Å²) in [6, 6.07) is 11.3. The Morgan fingerprint density at radius 1 is 1.29 bits per heavy atom. The molecule has 1 heterocycles. The second-order valence-corrected chi connectivity index (χ2v) is 7.68. The van der Waals surface area contributed by atoms with Gasteiger partial charge in [0, 0.05) is 13.1 Å². The summed E-state index contributed by atoms with van der Waals surface area (Å²) in [6.45, 7) is 8.13. The third-order valence-corrected chi connectivity index (χ3v) is 4.93. The van der Waals surface area contributed by atoms with E-state index in [1.165, 1.54) is 0 Å². The largest absolute Gasteiger partial charge is 0.341 e. The Morgan fingerprint density at radius 2 is 1.96 bits per heavy atom. The zero-order valence-corrected chi connectivity index (χ0v) is 14.7. The molecule has 1 aromatic rings. The maximum atomic E-state index is 12.8. The number of benzene rings is 1. The lowest BCUT2D eigenvalue weighted by Crippen LogP contribution is -2.46. The molecule has 0 radical (unpaired) electrons. The quantitative estimate of drug-likeness (QED) is 0.854. The van der Waals surface area contributed by atoms with Crippen LogP contribution in [0.5, 0.6) is 0 Å². The summed E-state index contributed by atoms with van der Waals surface area (Å²) in [5.74, 6) is -0.239. The Balaban J connectivity index is 2.05. The van der Waals surface area contributed by atoms with E-state index in [1.54, 1.807) is 12.1 Å². The molecule has 0 saturated carbocycles. The SMILES string of the molecule is CC(C)(C)[C@@H]1CCCN(C(=O)[C@H](C#N)Cc2ccc(C#N)cc2)C1. The average molecular weight is 323 g/mol. The molecule has 4 heteroatoms. The predicted molar refractivity (Wildman–Crippen MR) is 92.7 cm³/mol. The summed E-state index contributed by atoms with van der Waals surface area (Å²) in [5, 5.41) is 18.3. The van der Waals surface area contributed by atoms with Gasteiger partial charge in [-0.3, -0.25) is 4.79 Å². The molecule has 1 amide bonds. The van der Waals surface area contributed by atoms with Crippen molar-refractivity contribution >= 4 is 5.91 Å². The van der Waals surface area contributed by atoms with E-state index in [-0.39, 0.29) is 11.3 Å². The van der Waals surface area contributed by atoms with Gasteiger partial charge in [-0.2, -0.15) is 10.5 Å². The van der Waals surface area contributed by atoms with Gasteiger partial charge in [-0.05, 0) is 48.3 Å². The van der Waals surface area contributed by atoms with Gasteiger partial charge in [-0.25, -0.2) is 0 Å². The molecule has 0 bridgehead atoms. The van der Waals surface area contributed by atoms with Gasteiger partial charge >= 0.3 is 0 Å². The van der Waals surface area contributed by atoms with Gasteiger partial charge in [0.15, 0.2) is 0 Å². The Hall–Kier alpha value is -2.33. The summed E-state index contributed by atoms with van der Waals surface area (Å²) >= 11 is 0. The highest BCUT2D eigenvalue weighted by Gasteiger charge is 2.33. The highest BCUT2D eigenvalue weighted by Crippen LogP contribution is 2.33. The zero-order chi connectivity index (χ0) is 17.7. The highest BCUT2D eigenvalue weighted by atomic mass is 16.2. The molecule has 0 unspecified atom stereocenters. The Labute approximate surface area is 144 Å². The molecular weight excluding hydrogens is 298 g/mol. The summed E-state index contributed by atoms with van der Waals surface area (Å²) < 4.78 is 0. The van der Waals surface area contributed by atoms with Crippen LogP contribution in [0.2, 0.25) is 0 Å². The van der Waals surface area contributed by atoms with E-state index in [1.807, 2.05) is 17.0 Å². The number of piperidine rings is 1. The van der Waals surface area contributed by atoms with Crippen molar-refractivity contribution in [1.29, 1.82) is 10.5 Å². The maximum absolute atomic E-state index is 12.8. The molecule has 126 valence electrons. The van der Waals surface area contributed by atoms with Crippen LogP contribution in [0.15, 0.2) is 24.3 Å². The first kappa shape index (κ1) is 18.0. The minimum atomic E-state index is -0.656. The third kappa shape index (κ3) is 4.36. The lowest BCUT2D eigenvalue weighted by atomic mass is 9.76. The standard InChI is InChI=1S/C20H25N3O/c1-20(2,3)18-5-4-10-23(14-18)19(24)17(13-22)11-15-6-8-16(12-21)9-7-15/h6-9,17-18H,4-5,10-11,14H2,1-3H3/t17-,18+/m0/s1. The molecule has 2 rings (SSSR count). The average Bonchev–Trinajstić information content (AvgIpc) is 2.59. The van der Waals surface area contributed by atoms with E-state index < -0.39 is 5.92 Å². The minimum Gasteiger partial charge on any atom is -0.341 e. The minimum absolute atomic E-state index is 0.0594. The number of amides is 1. The highest BCUT2D eigenvalue weighted by molar-refractivity contribution is 5.81. The van der Waals surface area contributed by atoms with Crippen molar-refractivity contribution in [3.05, 3.63) is 35.4 Å². The van der Waals surface area contributed by atoms with Gasteiger partial charge in [0.1, 0.15) is 5.92 Å². The molecule has 0 aromatic heterocycles. The van der Waals surface area contributed by atoms with Crippen LogP contribution in [0.1, 0.15) is 44.7 Å². The van der Waals surface area contributed by atoms with Gasteiger partial charge in [0.2, 0.25) is 5.91 Å². The van der Waals surface area contributed by atoms with Crippen molar-refractivity contribution in [2.24, 2.45) is 17.3 Å². The molecule has 0 aliphatic carbocycles. The van der Waals surface area contributed by atoms with Crippen molar-refractivity contribution < 1.29 is 4.79 Å². The van der Waals surface area contributed by atoms with E-state index in [0.717, 1.165) is 31.5 Å². The van der Waals surface area contributed by atoms with Crippen LogP contribution in [0.4, 0.5) is 0 Å². The Kier molecular flexibility index (Phi) is 5.62. The lowest BCUT2D eigenvalue weighted by molar-refractivity contribution is -0.136. The van der Waals surface area contributed by atoms with E-state index >= 15 is 0 Å². The fourth-order valence-electron chi connectivity index (χ4n) is 3.24. The first-order valence-corrected chi connectivity index (χ1v) is 8.52. The molecule has 1 fully saturated rings. The van der Waals surface area contributed by atoms with Crippen molar-refractivity contribution in [2.45, 2.75) is 40.0 Å². The van der Waals surface area contributed by atoms with Crippen LogP contribution in [-0.2, 0) is 11.2 Å². The van der Waals surface area contributed by atoms with Gasteiger partial charge in [-0.15, -0.1) is 0 Å². The molecule has 1 saturated heterocycles. The van der Waals surface area contributed by atoms with Crippen LogP contribution >= 0.6 is 0 Å². The monoisotopic (exact) mass is 323 g/mol. The first-order chi connectivity index (χ1) is 11.3. The van der Waals surface area contributed by atoms with Gasteiger partial charge in [-0.1, -0.05) is 32.9 Å². The molecule has 24 heavy (non-hydrogen) atoms. The number of hydrogen-bond acceptors (Lipinski definition) is 3. The molecule has 1 aromatic carbocycles. The second kappa shape index (κ2) is 7.49. The summed E-state index contributed by atoms with van der Waals surface area (Å²) in [4.78, 5) is 14.7. The van der Waals surface area contributed by atoms with Crippen LogP contribution in [-0.4, -0.2) is 23.9 Å². The van der Waals surface area contributed by atoms with Crippen LogP contribution in [0, 0.1) is 39.9 Å². The third-order valence-electron chi connectivity index (χ3n) is 4.93. The maximum Gasteiger partial charge on any atom is 0.240 e. The lowest BCUT2D eigenvalue weighted by Gasteiger charge is -2.40. The van der Waals surface area contributed by atoms with Crippen LogP contribution in [0.3, 0.4) is 0 Å². The van der Waals surface area contributed by atoms with Crippen molar-refractivity contribution in [2.75, 3.05) is 13.1 Å². The Morgan fingerprint density at radius 3 is 2.50 bits per heavy atom. The summed E-state index contributed by atoms with van der Waals surface area (Å²) in [5.41, 5.74) is 1.68. The van der Waals surface area contributed by atoms with Gasteiger partial charge < -0.3 is 4.90 Å². The number of carbonyl (C=O) groups excluding carboxylic acids is 1. The summed E-state index contributed by atoms with van der Waals surface area (Å²) in [6.07, 6.45) is 2.54. The van der Waals surface area contributed by atoms with Crippen molar-refractivity contribution in [3.8, 4) is 12.1 Å². The number of carbonyl (C=O) groups is 1. The van der Waals surface area contributed by atoms with E-state index in [0.29, 0.717) is 17.9 Å². The molecule has 1 aliphatic heterocycles. The van der Waals surface area contributed by atoms with Crippen LogP contribution in [0.25, 0.3) is 0 Å². The molecule has 1 aliphatic rings. The predicted octanol–water partition coefficient (Wildman–Crippen LogP) is 3.53. The molecule has 0 N–H and O–H groups in total. The molecule has 4 nitrogen and oxygen atoms in total. The number of nitriles is 2. The van der Waals surface area contributed by atoms with E-state index in [4.69, 9.17) is 5.26 Å². The number of hydrogen-bond donors (Lipinski definition) is 0. The van der Waals surface area contributed by atoms with Crippen LogP contribution < -0.4 is 0 Å². The van der Waals surface area contributed by atoms with Gasteiger partial charge in [0.25, 0.3) is 0 Å². The Bertz CT molecular complexity index is 658. The number of rotatable bonds is 3. The van der Waals surface area contributed by atoms with Crippen molar-refractivity contribution in [1.82, 2.24) is 4.90 Å². The summed E-state index contributed by atoms with van der Waals surface area (Å²) in [7, 11) is 0. The van der Waals surface area contributed by atoms with E-state index in [9.17, 15) is 10.1 Å². The number of likely N-dealkylation sites (tertiary alicyclic amines) is 1. The topological polar surface area (TPSA) is 67.9 Å². The first-order valence-electron chi connectivity index (χ1n) is 8.52. The number of nitrogens with zero attached hydrogens (tertiary/aromatic N) is 3. The zero-order valence-electron chi connectivity index (χ0n) is 14.7. The molecule has 0 spiro atoms. The fraction of sp³-hybridized carbons (Fsp3) is 0.550. The molecular formula is C20H25N3O. The normalized spacial score (nSPS) is 19.2. The van der Waals surface area contributed by atoms with E-state index in [2.05, 4.69) is 32.9 Å². The second-order valence-electron chi connectivity index (χ2n) is 7.68.